The van der Waals surface area contributed by atoms with Crippen LogP contribution in [0.1, 0.15) is 12.0 Å². The van der Waals surface area contributed by atoms with E-state index in [2.05, 4.69) is 18.0 Å². The Morgan fingerprint density at radius 2 is 2.17 bits per heavy atom. The SMILES string of the molecule is COc1ccc2cccc(CC(=O)N(C)CC3CCN(C)C3)c2c1. The predicted octanol–water partition coefficient (Wildman–Crippen LogP) is 2.80. The Labute approximate surface area is 144 Å². The molecule has 1 fully saturated rings. The van der Waals surface area contributed by atoms with Crippen LogP contribution < -0.4 is 4.74 Å². The topological polar surface area (TPSA) is 32.8 Å². The minimum absolute atomic E-state index is 0.180. The maximum absolute atomic E-state index is 12.7. The highest BCUT2D eigenvalue weighted by Crippen LogP contribution is 2.25. The first-order valence-electron chi connectivity index (χ1n) is 8.55. The summed E-state index contributed by atoms with van der Waals surface area (Å²) >= 11 is 0. The lowest BCUT2D eigenvalue weighted by atomic mass is 10.0. The first-order valence-corrected chi connectivity index (χ1v) is 8.55. The molecule has 1 aliphatic rings. The number of hydrogen-bond acceptors (Lipinski definition) is 3. The third-order valence-electron chi connectivity index (χ3n) is 4.97. The lowest BCUT2D eigenvalue weighted by molar-refractivity contribution is -0.129. The van der Waals surface area contributed by atoms with Gasteiger partial charge in [0, 0.05) is 20.1 Å². The average Bonchev–Trinajstić information content (AvgIpc) is 2.99. The van der Waals surface area contributed by atoms with E-state index in [0.29, 0.717) is 12.3 Å². The second kappa shape index (κ2) is 7.22. The summed E-state index contributed by atoms with van der Waals surface area (Å²) in [5.41, 5.74) is 1.06. The highest BCUT2D eigenvalue weighted by molar-refractivity contribution is 5.91. The quantitative estimate of drug-likeness (QED) is 0.847. The third-order valence-corrected chi connectivity index (χ3v) is 4.97. The Morgan fingerprint density at radius 1 is 1.33 bits per heavy atom. The molecule has 0 aliphatic carbocycles. The number of methoxy groups -OCH3 is 1. The zero-order chi connectivity index (χ0) is 17.1. The average molecular weight is 326 g/mol. The molecule has 128 valence electrons. The normalized spacial score (nSPS) is 18.0. The summed E-state index contributed by atoms with van der Waals surface area (Å²) in [6, 6.07) is 12.1. The number of hydrogen-bond donors (Lipinski definition) is 0. The summed E-state index contributed by atoms with van der Waals surface area (Å²) in [5, 5.41) is 2.24. The summed E-state index contributed by atoms with van der Waals surface area (Å²) in [6.07, 6.45) is 1.61. The summed E-state index contributed by atoms with van der Waals surface area (Å²) in [5.74, 6) is 1.60. The van der Waals surface area contributed by atoms with Crippen molar-refractivity contribution < 1.29 is 9.53 Å². The molecule has 2 aromatic rings. The number of amides is 1. The molecule has 4 heteroatoms. The van der Waals surface area contributed by atoms with Crippen molar-refractivity contribution in [1.29, 1.82) is 0 Å². The molecule has 24 heavy (non-hydrogen) atoms. The molecule has 0 saturated carbocycles. The van der Waals surface area contributed by atoms with Gasteiger partial charge in [-0.25, -0.2) is 0 Å². The molecule has 1 atom stereocenters. The van der Waals surface area contributed by atoms with Gasteiger partial charge in [-0.3, -0.25) is 4.79 Å². The van der Waals surface area contributed by atoms with Crippen molar-refractivity contribution in [3.8, 4) is 5.75 Å². The van der Waals surface area contributed by atoms with E-state index in [4.69, 9.17) is 4.74 Å². The number of nitrogens with zero attached hydrogens (tertiary/aromatic N) is 2. The van der Waals surface area contributed by atoms with Crippen LogP contribution in [0.3, 0.4) is 0 Å². The van der Waals surface area contributed by atoms with E-state index in [1.165, 1.54) is 6.42 Å². The van der Waals surface area contributed by atoms with E-state index in [1.807, 2.05) is 42.3 Å². The van der Waals surface area contributed by atoms with E-state index < -0.39 is 0 Å². The van der Waals surface area contributed by atoms with E-state index in [0.717, 1.165) is 41.7 Å². The smallest absolute Gasteiger partial charge is 0.226 e. The number of carbonyl (C=O) groups is 1. The van der Waals surface area contributed by atoms with E-state index in [-0.39, 0.29) is 5.91 Å². The van der Waals surface area contributed by atoms with Crippen LogP contribution in [-0.4, -0.2) is 56.5 Å². The van der Waals surface area contributed by atoms with Gasteiger partial charge in [0.2, 0.25) is 5.91 Å². The second-order valence-corrected chi connectivity index (χ2v) is 6.87. The molecule has 1 unspecified atom stereocenters. The molecule has 0 aromatic heterocycles. The fraction of sp³-hybridized carbons (Fsp3) is 0.450. The van der Waals surface area contributed by atoms with Crippen molar-refractivity contribution in [1.82, 2.24) is 9.80 Å². The van der Waals surface area contributed by atoms with Crippen molar-refractivity contribution >= 4 is 16.7 Å². The monoisotopic (exact) mass is 326 g/mol. The molecule has 0 bridgehead atoms. The van der Waals surface area contributed by atoms with Crippen LogP contribution in [0.25, 0.3) is 10.8 Å². The van der Waals surface area contributed by atoms with Crippen LogP contribution in [-0.2, 0) is 11.2 Å². The largest absolute Gasteiger partial charge is 0.497 e. The molecule has 1 amide bonds. The summed E-state index contributed by atoms with van der Waals surface area (Å²) in [7, 11) is 5.74. The van der Waals surface area contributed by atoms with Crippen molar-refractivity contribution in [2.45, 2.75) is 12.8 Å². The van der Waals surface area contributed by atoms with Gasteiger partial charge in [0.05, 0.1) is 13.5 Å². The zero-order valence-electron chi connectivity index (χ0n) is 14.8. The van der Waals surface area contributed by atoms with Crippen molar-refractivity contribution in [3.05, 3.63) is 42.0 Å². The fourth-order valence-corrected chi connectivity index (χ4v) is 3.56. The first-order chi connectivity index (χ1) is 11.6. The summed E-state index contributed by atoms with van der Waals surface area (Å²) in [4.78, 5) is 16.9. The maximum Gasteiger partial charge on any atom is 0.226 e. The highest BCUT2D eigenvalue weighted by Gasteiger charge is 2.22. The third kappa shape index (κ3) is 3.70. The Morgan fingerprint density at radius 3 is 2.88 bits per heavy atom. The molecule has 0 radical (unpaired) electrons. The lowest BCUT2D eigenvalue weighted by Crippen LogP contribution is -2.33. The molecule has 1 heterocycles. The molecule has 0 N–H and O–H groups in total. The van der Waals surface area contributed by atoms with E-state index >= 15 is 0 Å². The molecule has 0 spiro atoms. The number of likely N-dealkylation sites (tertiary alicyclic amines) is 1. The zero-order valence-corrected chi connectivity index (χ0v) is 14.8. The van der Waals surface area contributed by atoms with Crippen molar-refractivity contribution in [3.63, 3.8) is 0 Å². The van der Waals surface area contributed by atoms with Crippen LogP contribution in [0.5, 0.6) is 5.75 Å². The molecule has 1 aliphatic heterocycles. The Kier molecular flexibility index (Phi) is 5.05. The van der Waals surface area contributed by atoms with Gasteiger partial charge in [0.15, 0.2) is 0 Å². The predicted molar refractivity (Wildman–Crippen MR) is 97.4 cm³/mol. The van der Waals surface area contributed by atoms with E-state index in [9.17, 15) is 4.79 Å². The molecular formula is C20H26N2O2. The van der Waals surface area contributed by atoms with Gasteiger partial charge in [0.1, 0.15) is 5.75 Å². The molecular weight excluding hydrogens is 300 g/mol. The Bertz CT molecular complexity index is 729. The van der Waals surface area contributed by atoms with E-state index in [1.54, 1.807) is 7.11 Å². The molecule has 2 aromatic carbocycles. The fourth-order valence-electron chi connectivity index (χ4n) is 3.56. The van der Waals surface area contributed by atoms with Gasteiger partial charge in [-0.15, -0.1) is 0 Å². The van der Waals surface area contributed by atoms with Gasteiger partial charge >= 0.3 is 0 Å². The van der Waals surface area contributed by atoms with Crippen molar-refractivity contribution in [2.75, 3.05) is 40.8 Å². The van der Waals surface area contributed by atoms with Crippen molar-refractivity contribution in [2.24, 2.45) is 5.92 Å². The number of fused-ring (bicyclic) bond motifs is 1. The lowest BCUT2D eigenvalue weighted by Gasteiger charge is -2.21. The van der Waals surface area contributed by atoms with Gasteiger partial charge in [-0.1, -0.05) is 24.3 Å². The van der Waals surface area contributed by atoms with Crippen LogP contribution in [0.15, 0.2) is 36.4 Å². The Balaban J connectivity index is 1.72. The number of rotatable bonds is 5. The number of benzene rings is 2. The number of ether oxygens (including phenoxy) is 1. The number of likely N-dealkylation sites (N-methyl/N-ethyl adjacent to an activating group) is 1. The molecule has 4 nitrogen and oxygen atoms in total. The van der Waals surface area contributed by atoms with Crippen LogP contribution in [0.4, 0.5) is 0 Å². The minimum atomic E-state index is 0.180. The van der Waals surface area contributed by atoms with Gasteiger partial charge in [0.25, 0.3) is 0 Å². The van der Waals surface area contributed by atoms with Crippen LogP contribution >= 0.6 is 0 Å². The van der Waals surface area contributed by atoms with Gasteiger partial charge in [-0.05, 0) is 54.4 Å². The standard InChI is InChI=1S/C20H26N2O2/c1-21-10-9-15(13-21)14-22(2)20(23)11-17-6-4-5-16-7-8-18(24-3)12-19(16)17/h4-8,12,15H,9-11,13-14H2,1-3H3. The molecule has 1 saturated heterocycles. The van der Waals surface area contributed by atoms with Gasteiger partial charge in [-0.2, -0.15) is 0 Å². The Hall–Kier alpha value is -2.07. The minimum Gasteiger partial charge on any atom is -0.497 e. The summed E-state index contributed by atoms with van der Waals surface area (Å²) in [6.45, 7) is 3.07. The summed E-state index contributed by atoms with van der Waals surface area (Å²) < 4.78 is 5.33. The van der Waals surface area contributed by atoms with Crippen LogP contribution in [0, 0.1) is 5.92 Å². The highest BCUT2D eigenvalue weighted by atomic mass is 16.5. The molecule has 3 rings (SSSR count). The second-order valence-electron chi connectivity index (χ2n) is 6.87. The number of carbonyl (C=O) groups excluding carboxylic acids is 1. The van der Waals surface area contributed by atoms with Crippen LogP contribution in [0.2, 0.25) is 0 Å². The maximum atomic E-state index is 12.7. The van der Waals surface area contributed by atoms with Gasteiger partial charge < -0.3 is 14.5 Å². The first kappa shape index (κ1) is 16.8.